The average molecular weight is 286 g/mol. The Labute approximate surface area is 128 Å². The third kappa shape index (κ3) is 2.31. The van der Waals surface area contributed by atoms with Crippen molar-refractivity contribution in [3.8, 4) is 5.69 Å². The van der Waals surface area contributed by atoms with Gasteiger partial charge in [0.15, 0.2) is 0 Å². The van der Waals surface area contributed by atoms with E-state index in [0.717, 1.165) is 27.8 Å². The van der Waals surface area contributed by atoms with Crippen molar-refractivity contribution in [3.63, 3.8) is 0 Å². The molecule has 106 valence electrons. The molecule has 0 aliphatic heterocycles. The Kier molecular flexibility index (Phi) is 3.05. The highest BCUT2D eigenvalue weighted by Crippen LogP contribution is 2.26. The van der Waals surface area contributed by atoms with Crippen LogP contribution in [-0.2, 0) is 0 Å². The maximum Gasteiger partial charge on any atom is 0.0666 e. The van der Waals surface area contributed by atoms with Crippen LogP contribution in [0.2, 0.25) is 0 Å². The molecule has 0 atom stereocenters. The van der Waals surface area contributed by atoms with Gasteiger partial charge in [-0.3, -0.25) is 4.98 Å². The third-order valence-electron chi connectivity index (χ3n) is 3.56. The summed E-state index contributed by atoms with van der Waals surface area (Å²) in [7, 11) is 0. The summed E-state index contributed by atoms with van der Waals surface area (Å²) in [6, 6.07) is 18.3. The van der Waals surface area contributed by atoms with Gasteiger partial charge in [0, 0.05) is 35.1 Å². The van der Waals surface area contributed by atoms with Gasteiger partial charge in [-0.1, -0.05) is 30.3 Å². The van der Waals surface area contributed by atoms with Gasteiger partial charge in [0.05, 0.1) is 17.6 Å². The Hall–Kier alpha value is -3.14. The highest BCUT2D eigenvalue weighted by Gasteiger charge is 2.03. The SMILES string of the molecule is c1cc(Nc2cncc3ccccc23)cc(-n2cccn2)c1. The van der Waals surface area contributed by atoms with E-state index < -0.39 is 0 Å². The Morgan fingerprint density at radius 2 is 1.86 bits per heavy atom. The molecule has 4 heteroatoms. The predicted octanol–water partition coefficient (Wildman–Crippen LogP) is 4.16. The molecule has 0 spiro atoms. The van der Waals surface area contributed by atoms with E-state index in [1.54, 1.807) is 6.20 Å². The van der Waals surface area contributed by atoms with E-state index in [1.807, 2.05) is 59.7 Å². The average Bonchev–Trinajstić information content (AvgIpc) is 3.10. The van der Waals surface area contributed by atoms with Crippen molar-refractivity contribution >= 4 is 22.1 Å². The highest BCUT2D eigenvalue weighted by atomic mass is 15.3. The molecule has 4 rings (SSSR count). The van der Waals surface area contributed by atoms with Crippen LogP contribution in [0.5, 0.6) is 0 Å². The van der Waals surface area contributed by atoms with Crippen LogP contribution in [0.15, 0.2) is 79.4 Å². The molecule has 0 saturated heterocycles. The largest absolute Gasteiger partial charge is 0.354 e. The van der Waals surface area contributed by atoms with E-state index in [-0.39, 0.29) is 0 Å². The molecule has 22 heavy (non-hydrogen) atoms. The molecule has 0 aliphatic carbocycles. The lowest BCUT2D eigenvalue weighted by molar-refractivity contribution is 0.881. The monoisotopic (exact) mass is 286 g/mol. The first-order chi connectivity index (χ1) is 10.9. The standard InChI is InChI=1S/C18H14N4/c1-2-8-17-14(5-1)12-19-13-18(17)21-15-6-3-7-16(11-15)22-10-4-9-20-22/h1-13,21H. The lowest BCUT2D eigenvalue weighted by Gasteiger charge is -2.10. The van der Waals surface area contributed by atoms with Crippen LogP contribution in [0.4, 0.5) is 11.4 Å². The number of anilines is 2. The molecule has 2 aromatic carbocycles. The topological polar surface area (TPSA) is 42.7 Å². The predicted molar refractivity (Wildman–Crippen MR) is 88.6 cm³/mol. The maximum absolute atomic E-state index is 4.30. The quantitative estimate of drug-likeness (QED) is 0.615. The molecular weight excluding hydrogens is 272 g/mol. The lowest BCUT2D eigenvalue weighted by Crippen LogP contribution is -1.97. The van der Waals surface area contributed by atoms with Gasteiger partial charge >= 0.3 is 0 Å². The number of benzene rings is 2. The Balaban J connectivity index is 1.73. The van der Waals surface area contributed by atoms with E-state index in [2.05, 4.69) is 33.6 Å². The summed E-state index contributed by atoms with van der Waals surface area (Å²) in [5.41, 5.74) is 3.02. The number of hydrogen-bond acceptors (Lipinski definition) is 3. The van der Waals surface area contributed by atoms with Gasteiger partial charge in [0.25, 0.3) is 0 Å². The molecule has 4 aromatic rings. The van der Waals surface area contributed by atoms with Crippen molar-refractivity contribution in [2.24, 2.45) is 0 Å². The third-order valence-corrected chi connectivity index (χ3v) is 3.56. The maximum atomic E-state index is 4.30. The second kappa shape index (κ2) is 5.33. The van der Waals surface area contributed by atoms with Gasteiger partial charge in [-0.15, -0.1) is 0 Å². The van der Waals surface area contributed by atoms with Gasteiger partial charge in [-0.2, -0.15) is 5.10 Å². The second-order valence-electron chi connectivity index (χ2n) is 5.03. The zero-order chi connectivity index (χ0) is 14.8. The molecule has 0 unspecified atom stereocenters. The van der Waals surface area contributed by atoms with Gasteiger partial charge in [-0.25, -0.2) is 4.68 Å². The van der Waals surface area contributed by atoms with Crippen LogP contribution in [-0.4, -0.2) is 14.8 Å². The Morgan fingerprint density at radius 3 is 2.77 bits per heavy atom. The zero-order valence-corrected chi connectivity index (χ0v) is 11.8. The molecule has 0 aliphatic rings. The van der Waals surface area contributed by atoms with Crippen molar-refractivity contribution in [2.45, 2.75) is 0 Å². The number of nitrogens with zero attached hydrogens (tertiary/aromatic N) is 3. The number of pyridine rings is 1. The van der Waals surface area contributed by atoms with Crippen LogP contribution in [0.1, 0.15) is 0 Å². The molecule has 0 saturated carbocycles. The lowest BCUT2D eigenvalue weighted by atomic mass is 10.1. The summed E-state index contributed by atoms with van der Waals surface area (Å²) in [6.45, 7) is 0. The van der Waals surface area contributed by atoms with E-state index >= 15 is 0 Å². The number of nitrogens with one attached hydrogen (secondary N) is 1. The molecule has 2 aromatic heterocycles. The Bertz CT molecular complexity index is 908. The smallest absolute Gasteiger partial charge is 0.0666 e. The van der Waals surface area contributed by atoms with Crippen LogP contribution in [0.3, 0.4) is 0 Å². The van der Waals surface area contributed by atoms with Crippen LogP contribution >= 0.6 is 0 Å². The number of fused-ring (bicyclic) bond motifs is 1. The second-order valence-corrected chi connectivity index (χ2v) is 5.03. The van der Waals surface area contributed by atoms with E-state index in [0.29, 0.717) is 0 Å². The van der Waals surface area contributed by atoms with Crippen LogP contribution < -0.4 is 5.32 Å². The molecule has 0 radical (unpaired) electrons. The number of rotatable bonds is 3. The van der Waals surface area contributed by atoms with Gasteiger partial charge < -0.3 is 5.32 Å². The van der Waals surface area contributed by atoms with Crippen molar-refractivity contribution < 1.29 is 0 Å². The first-order valence-electron chi connectivity index (χ1n) is 7.10. The summed E-state index contributed by atoms with van der Waals surface area (Å²) in [5.74, 6) is 0. The summed E-state index contributed by atoms with van der Waals surface area (Å²) >= 11 is 0. The highest BCUT2D eigenvalue weighted by molar-refractivity contribution is 5.94. The van der Waals surface area contributed by atoms with Crippen molar-refractivity contribution in [2.75, 3.05) is 5.32 Å². The minimum Gasteiger partial charge on any atom is -0.354 e. The van der Waals surface area contributed by atoms with Gasteiger partial charge in [-0.05, 0) is 24.3 Å². The molecule has 4 nitrogen and oxygen atoms in total. The Morgan fingerprint density at radius 1 is 0.909 bits per heavy atom. The molecule has 0 amide bonds. The van der Waals surface area contributed by atoms with E-state index in [9.17, 15) is 0 Å². The summed E-state index contributed by atoms with van der Waals surface area (Å²) < 4.78 is 1.84. The van der Waals surface area contributed by atoms with Crippen molar-refractivity contribution in [1.82, 2.24) is 14.8 Å². The molecule has 0 fully saturated rings. The minimum atomic E-state index is 0.996. The summed E-state index contributed by atoms with van der Waals surface area (Å²) in [5, 5.41) is 9.98. The normalized spacial score (nSPS) is 10.7. The first-order valence-corrected chi connectivity index (χ1v) is 7.10. The van der Waals surface area contributed by atoms with E-state index in [1.165, 1.54) is 0 Å². The molecule has 1 N–H and O–H groups in total. The number of hydrogen-bond donors (Lipinski definition) is 1. The zero-order valence-electron chi connectivity index (χ0n) is 11.8. The molecule has 0 bridgehead atoms. The fourth-order valence-corrected chi connectivity index (χ4v) is 2.52. The summed E-state index contributed by atoms with van der Waals surface area (Å²) in [4.78, 5) is 4.30. The molecular formula is C18H14N4. The summed E-state index contributed by atoms with van der Waals surface area (Å²) in [6.07, 6.45) is 7.43. The van der Waals surface area contributed by atoms with Crippen molar-refractivity contribution in [3.05, 3.63) is 79.4 Å². The first kappa shape index (κ1) is 12.6. The number of aromatic nitrogens is 3. The fourth-order valence-electron chi connectivity index (χ4n) is 2.52. The van der Waals surface area contributed by atoms with Gasteiger partial charge in [0.1, 0.15) is 0 Å². The van der Waals surface area contributed by atoms with Crippen LogP contribution in [0.25, 0.3) is 16.5 Å². The van der Waals surface area contributed by atoms with Crippen molar-refractivity contribution in [1.29, 1.82) is 0 Å². The van der Waals surface area contributed by atoms with E-state index in [4.69, 9.17) is 0 Å². The van der Waals surface area contributed by atoms with Crippen LogP contribution in [0, 0.1) is 0 Å². The fraction of sp³-hybridized carbons (Fsp3) is 0. The minimum absolute atomic E-state index is 0.996. The molecule has 2 heterocycles. The van der Waals surface area contributed by atoms with Gasteiger partial charge in [0.2, 0.25) is 0 Å².